The number of carbonyl (C=O) groups excluding carboxylic acids is 1. The Morgan fingerprint density at radius 1 is 1.11 bits per heavy atom. The predicted molar refractivity (Wildman–Crippen MR) is 106 cm³/mol. The zero-order chi connectivity index (χ0) is 19.4. The van der Waals surface area contributed by atoms with E-state index < -0.39 is 6.10 Å². The zero-order valence-electron chi connectivity index (χ0n) is 15.5. The number of carbonyl (C=O) groups is 1. The lowest BCUT2D eigenvalue weighted by atomic mass is 10.1. The molecule has 2 unspecified atom stereocenters. The molecule has 0 radical (unpaired) electrons. The van der Waals surface area contributed by atoms with Gasteiger partial charge in [0.2, 0.25) is 0 Å². The highest BCUT2D eigenvalue weighted by Gasteiger charge is 2.21. The summed E-state index contributed by atoms with van der Waals surface area (Å²) >= 11 is 6.09. The van der Waals surface area contributed by atoms with Crippen molar-refractivity contribution in [1.82, 2.24) is 15.1 Å². The summed E-state index contributed by atoms with van der Waals surface area (Å²) in [6.07, 6.45) is 1.11. The second-order valence-corrected chi connectivity index (χ2v) is 6.76. The minimum absolute atomic E-state index is 0.202. The molecular weight excluding hydrogens is 362 g/mol. The maximum atomic E-state index is 12.5. The van der Waals surface area contributed by atoms with Gasteiger partial charge in [0.05, 0.1) is 22.9 Å². The first-order chi connectivity index (χ1) is 13.0. The van der Waals surface area contributed by atoms with E-state index in [1.165, 1.54) is 0 Å². The first kappa shape index (κ1) is 19.0. The number of rotatable bonds is 6. The molecule has 27 heavy (non-hydrogen) atoms. The number of amides is 1. The molecule has 0 aliphatic carbocycles. The summed E-state index contributed by atoms with van der Waals surface area (Å²) in [4.78, 5) is 12.5. The molecule has 5 nitrogen and oxygen atoms in total. The Bertz CT molecular complexity index is 924. The topological polar surface area (TPSA) is 56.1 Å². The van der Waals surface area contributed by atoms with Gasteiger partial charge in [-0.2, -0.15) is 5.10 Å². The highest BCUT2D eigenvalue weighted by Crippen LogP contribution is 2.25. The second kappa shape index (κ2) is 8.27. The number of hydrogen-bond donors (Lipinski definition) is 1. The quantitative estimate of drug-likeness (QED) is 0.682. The highest BCUT2D eigenvalue weighted by molar-refractivity contribution is 6.32. The molecule has 1 N–H and O–H groups in total. The predicted octanol–water partition coefficient (Wildman–Crippen LogP) is 4.48. The molecule has 1 heterocycles. The van der Waals surface area contributed by atoms with Crippen LogP contribution in [0.5, 0.6) is 5.75 Å². The Morgan fingerprint density at radius 3 is 2.48 bits per heavy atom. The number of hydrogen-bond acceptors (Lipinski definition) is 3. The van der Waals surface area contributed by atoms with Gasteiger partial charge in [0.25, 0.3) is 5.91 Å². The summed E-state index contributed by atoms with van der Waals surface area (Å²) in [6.45, 7) is 5.62. The molecule has 0 fully saturated rings. The van der Waals surface area contributed by atoms with Gasteiger partial charge in [0.15, 0.2) is 6.10 Å². The van der Waals surface area contributed by atoms with Gasteiger partial charge in [-0.3, -0.25) is 4.79 Å². The van der Waals surface area contributed by atoms with Gasteiger partial charge in [-0.25, -0.2) is 4.68 Å². The van der Waals surface area contributed by atoms with E-state index in [1.54, 1.807) is 25.3 Å². The Kier molecular flexibility index (Phi) is 5.81. The molecule has 140 valence electrons. The first-order valence-electron chi connectivity index (χ1n) is 8.79. The first-order valence-corrected chi connectivity index (χ1v) is 9.16. The average molecular weight is 384 g/mol. The Hall–Kier alpha value is -2.79. The molecule has 3 aromatic rings. The van der Waals surface area contributed by atoms with Crippen LogP contribution in [-0.2, 0) is 4.79 Å². The Morgan fingerprint density at radius 2 is 1.78 bits per heavy atom. The van der Waals surface area contributed by atoms with Crippen LogP contribution in [0.3, 0.4) is 0 Å². The van der Waals surface area contributed by atoms with Crippen LogP contribution in [0.1, 0.15) is 31.1 Å². The lowest BCUT2D eigenvalue weighted by molar-refractivity contribution is -0.127. The lowest BCUT2D eigenvalue weighted by Gasteiger charge is -2.19. The van der Waals surface area contributed by atoms with Gasteiger partial charge < -0.3 is 10.1 Å². The fourth-order valence-corrected chi connectivity index (χ4v) is 3.05. The molecule has 0 aliphatic heterocycles. The third-order valence-corrected chi connectivity index (χ3v) is 4.70. The third kappa shape index (κ3) is 4.31. The molecule has 0 spiro atoms. The van der Waals surface area contributed by atoms with Crippen LogP contribution in [0.25, 0.3) is 5.69 Å². The maximum Gasteiger partial charge on any atom is 0.261 e. The van der Waals surface area contributed by atoms with E-state index >= 15 is 0 Å². The molecule has 6 heteroatoms. The molecular formula is C21H22ClN3O2. The van der Waals surface area contributed by atoms with Gasteiger partial charge in [-0.15, -0.1) is 0 Å². The number of nitrogens with zero attached hydrogens (tertiary/aromatic N) is 2. The summed E-state index contributed by atoms with van der Waals surface area (Å²) < 4.78 is 7.55. The molecule has 0 bridgehead atoms. The standard InChI is InChI=1S/C21H22ClN3O2/c1-14(18-13-23-25(15(18)2)17-9-5-4-6-10-17)24-21(26)16(3)27-20-12-8-7-11-19(20)22/h4-14,16H,1-3H3,(H,24,26). The fourth-order valence-electron chi connectivity index (χ4n) is 2.87. The van der Waals surface area contributed by atoms with E-state index in [1.807, 2.05) is 61.0 Å². The minimum atomic E-state index is -0.670. The van der Waals surface area contributed by atoms with Crippen molar-refractivity contribution >= 4 is 17.5 Å². The summed E-state index contributed by atoms with van der Waals surface area (Å²) in [5.74, 6) is 0.275. The summed E-state index contributed by atoms with van der Waals surface area (Å²) in [5, 5.41) is 7.91. The van der Waals surface area contributed by atoms with E-state index in [2.05, 4.69) is 10.4 Å². The molecule has 1 aromatic heterocycles. The normalized spacial score (nSPS) is 13.0. The van der Waals surface area contributed by atoms with Crippen molar-refractivity contribution in [1.29, 1.82) is 0 Å². The number of halogens is 1. The van der Waals surface area contributed by atoms with Gasteiger partial charge in [0.1, 0.15) is 5.75 Å². The van der Waals surface area contributed by atoms with Crippen LogP contribution in [0.15, 0.2) is 60.8 Å². The average Bonchev–Trinajstić information content (AvgIpc) is 3.05. The van der Waals surface area contributed by atoms with Crippen LogP contribution in [0, 0.1) is 6.92 Å². The van der Waals surface area contributed by atoms with Crippen LogP contribution in [0.4, 0.5) is 0 Å². The Balaban J connectivity index is 1.68. The van der Waals surface area contributed by atoms with Gasteiger partial charge in [-0.05, 0) is 45.0 Å². The third-order valence-electron chi connectivity index (χ3n) is 4.38. The number of ether oxygens (including phenoxy) is 1. The highest BCUT2D eigenvalue weighted by atomic mass is 35.5. The van der Waals surface area contributed by atoms with Crippen molar-refractivity contribution in [2.45, 2.75) is 32.9 Å². The van der Waals surface area contributed by atoms with E-state index in [0.717, 1.165) is 16.9 Å². The van der Waals surface area contributed by atoms with Crippen LogP contribution >= 0.6 is 11.6 Å². The molecule has 1 amide bonds. The monoisotopic (exact) mass is 383 g/mol. The van der Waals surface area contributed by atoms with E-state index in [0.29, 0.717) is 10.8 Å². The second-order valence-electron chi connectivity index (χ2n) is 6.35. The number of aromatic nitrogens is 2. The van der Waals surface area contributed by atoms with Crippen molar-refractivity contribution < 1.29 is 9.53 Å². The van der Waals surface area contributed by atoms with Crippen molar-refractivity contribution in [3.05, 3.63) is 77.1 Å². The van der Waals surface area contributed by atoms with E-state index in [-0.39, 0.29) is 11.9 Å². The van der Waals surface area contributed by atoms with Gasteiger partial charge in [-0.1, -0.05) is 41.9 Å². The molecule has 3 rings (SSSR count). The van der Waals surface area contributed by atoms with Crippen molar-refractivity contribution in [2.24, 2.45) is 0 Å². The van der Waals surface area contributed by atoms with Crippen LogP contribution in [0.2, 0.25) is 5.02 Å². The zero-order valence-corrected chi connectivity index (χ0v) is 16.3. The smallest absolute Gasteiger partial charge is 0.261 e. The molecule has 0 saturated heterocycles. The molecule has 2 atom stereocenters. The van der Waals surface area contributed by atoms with Crippen molar-refractivity contribution in [3.63, 3.8) is 0 Å². The van der Waals surface area contributed by atoms with Gasteiger partial charge in [0, 0.05) is 11.3 Å². The number of nitrogens with one attached hydrogen (secondary N) is 1. The van der Waals surface area contributed by atoms with E-state index in [9.17, 15) is 4.79 Å². The fraction of sp³-hybridized carbons (Fsp3) is 0.238. The summed E-state index contributed by atoms with van der Waals surface area (Å²) in [6, 6.07) is 16.8. The van der Waals surface area contributed by atoms with Crippen molar-refractivity contribution in [3.8, 4) is 11.4 Å². The van der Waals surface area contributed by atoms with Gasteiger partial charge >= 0.3 is 0 Å². The SMILES string of the molecule is Cc1c(C(C)NC(=O)C(C)Oc2ccccc2Cl)cnn1-c1ccccc1. The summed E-state index contributed by atoms with van der Waals surface area (Å²) in [7, 11) is 0. The van der Waals surface area contributed by atoms with E-state index in [4.69, 9.17) is 16.3 Å². The largest absolute Gasteiger partial charge is 0.479 e. The number of benzene rings is 2. The van der Waals surface area contributed by atoms with Crippen LogP contribution < -0.4 is 10.1 Å². The van der Waals surface area contributed by atoms with Crippen molar-refractivity contribution in [2.75, 3.05) is 0 Å². The summed E-state index contributed by atoms with van der Waals surface area (Å²) in [5.41, 5.74) is 2.92. The minimum Gasteiger partial charge on any atom is -0.479 e. The molecule has 0 saturated carbocycles. The Labute approximate surface area is 163 Å². The maximum absolute atomic E-state index is 12.5. The molecule has 0 aliphatic rings. The number of para-hydroxylation sites is 2. The van der Waals surface area contributed by atoms with Crippen LogP contribution in [-0.4, -0.2) is 21.8 Å². The molecule has 2 aromatic carbocycles. The lowest BCUT2D eigenvalue weighted by Crippen LogP contribution is -2.37.